The van der Waals surface area contributed by atoms with Crippen LogP contribution in [0.15, 0.2) is 30.5 Å². The maximum atomic E-state index is 11.1. The summed E-state index contributed by atoms with van der Waals surface area (Å²) in [6.07, 6.45) is 4.25. The summed E-state index contributed by atoms with van der Waals surface area (Å²) in [5.41, 5.74) is 1.36. The summed E-state index contributed by atoms with van der Waals surface area (Å²) in [6, 6.07) is 9.48. The molecule has 6 nitrogen and oxygen atoms in total. The minimum atomic E-state index is -0.407. The first-order valence-corrected chi connectivity index (χ1v) is 6.88. The summed E-state index contributed by atoms with van der Waals surface area (Å²) in [5.74, 6) is 0. The van der Waals surface area contributed by atoms with Crippen molar-refractivity contribution in [3.05, 3.63) is 40.6 Å². The van der Waals surface area contributed by atoms with Crippen molar-refractivity contribution >= 4 is 22.3 Å². The molecule has 21 heavy (non-hydrogen) atoms. The third-order valence-electron chi connectivity index (χ3n) is 3.69. The number of non-ortho nitro benzene ring substituents is 1. The van der Waals surface area contributed by atoms with E-state index in [-0.39, 0.29) is 5.69 Å². The number of nitriles is 1. The standard InChI is InChI=1S/C15H14N4O2/c16-8-2-10-18(11-5-6-11)13-7-9-17-15-12(13)3-1-4-14(15)19(20)21/h1,3-4,7,9,11H,2,5-6,10H2. The van der Waals surface area contributed by atoms with E-state index < -0.39 is 4.92 Å². The molecule has 106 valence electrons. The monoisotopic (exact) mass is 282 g/mol. The van der Waals surface area contributed by atoms with E-state index in [1.54, 1.807) is 12.3 Å². The molecule has 1 fully saturated rings. The van der Waals surface area contributed by atoms with Gasteiger partial charge in [-0.3, -0.25) is 10.1 Å². The molecule has 1 aromatic heterocycles. The third-order valence-corrected chi connectivity index (χ3v) is 3.69. The number of benzene rings is 1. The fourth-order valence-corrected chi connectivity index (χ4v) is 2.60. The van der Waals surface area contributed by atoms with Crippen LogP contribution < -0.4 is 4.90 Å². The number of nitrogens with zero attached hydrogens (tertiary/aromatic N) is 4. The second-order valence-corrected chi connectivity index (χ2v) is 5.09. The highest BCUT2D eigenvalue weighted by molar-refractivity contribution is 5.96. The zero-order valence-corrected chi connectivity index (χ0v) is 11.4. The molecule has 0 saturated heterocycles. The van der Waals surface area contributed by atoms with Crippen LogP contribution >= 0.6 is 0 Å². The number of hydrogen-bond acceptors (Lipinski definition) is 5. The van der Waals surface area contributed by atoms with E-state index in [2.05, 4.69) is 16.0 Å². The lowest BCUT2D eigenvalue weighted by Crippen LogP contribution is -2.26. The van der Waals surface area contributed by atoms with E-state index in [0.717, 1.165) is 23.9 Å². The Labute approximate surface area is 121 Å². The maximum absolute atomic E-state index is 11.1. The first-order valence-electron chi connectivity index (χ1n) is 6.88. The van der Waals surface area contributed by atoms with E-state index in [4.69, 9.17) is 5.26 Å². The molecule has 1 heterocycles. The molecule has 0 aliphatic heterocycles. The van der Waals surface area contributed by atoms with Crippen LogP contribution in [0.4, 0.5) is 11.4 Å². The van der Waals surface area contributed by atoms with Gasteiger partial charge in [0.05, 0.1) is 17.4 Å². The fourth-order valence-electron chi connectivity index (χ4n) is 2.60. The number of aromatic nitrogens is 1. The topological polar surface area (TPSA) is 83.1 Å². The van der Waals surface area contributed by atoms with Crippen LogP contribution in [-0.4, -0.2) is 22.5 Å². The average Bonchev–Trinajstić information content (AvgIpc) is 3.32. The molecule has 1 aromatic carbocycles. The average molecular weight is 282 g/mol. The van der Waals surface area contributed by atoms with Crippen molar-refractivity contribution in [2.45, 2.75) is 25.3 Å². The summed E-state index contributed by atoms with van der Waals surface area (Å²) < 4.78 is 0. The smallest absolute Gasteiger partial charge is 0.295 e. The molecule has 0 unspecified atom stereocenters. The van der Waals surface area contributed by atoms with Gasteiger partial charge in [-0.05, 0) is 18.9 Å². The predicted molar refractivity (Wildman–Crippen MR) is 79.0 cm³/mol. The van der Waals surface area contributed by atoms with Crippen molar-refractivity contribution in [1.29, 1.82) is 5.26 Å². The Morgan fingerprint density at radius 2 is 2.24 bits per heavy atom. The quantitative estimate of drug-likeness (QED) is 0.621. The van der Waals surface area contributed by atoms with Gasteiger partial charge in [-0.1, -0.05) is 12.1 Å². The van der Waals surface area contributed by atoms with E-state index in [1.807, 2.05) is 12.1 Å². The third kappa shape index (κ3) is 2.50. The van der Waals surface area contributed by atoms with Crippen LogP contribution in [0.25, 0.3) is 10.9 Å². The number of nitro benzene ring substituents is 1. The number of rotatable bonds is 5. The Hall–Kier alpha value is -2.68. The van der Waals surface area contributed by atoms with Crippen molar-refractivity contribution in [1.82, 2.24) is 4.98 Å². The molecule has 0 amide bonds. The molecule has 1 aliphatic rings. The zero-order chi connectivity index (χ0) is 14.8. The number of nitro groups is 1. The molecule has 0 atom stereocenters. The molecule has 0 radical (unpaired) electrons. The highest BCUT2D eigenvalue weighted by Crippen LogP contribution is 2.37. The second-order valence-electron chi connectivity index (χ2n) is 5.09. The normalized spacial score (nSPS) is 13.9. The Bertz CT molecular complexity index is 734. The summed E-state index contributed by atoms with van der Waals surface area (Å²) in [6.45, 7) is 0.642. The van der Waals surface area contributed by atoms with Crippen LogP contribution in [0.2, 0.25) is 0 Å². The van der Waals surface area contributed by atoms with Gasteiger partial charge in [0, 0.05) is 35.9 Å². The van der Waals surface area contributed by atoms with Gasteiger partial charge in [0.1, 0.15) is 5.52 Å². The Morgan fingerprint density at radius 3 is 2.90 bits per heavy atom. The van der Waals surface area contributed by atoms with Crippen molar-refractivity contribution in [3.63, 3.8) is 0 Å². The molecule has 0 spiro atoms. The van der Waals surface area contributed by atoms with Gasteiger partial charge in [0.15, 0.2) is 0 Å². The largest absolute Gasteiger partial charge is 0.367 e. The van der Waals surface area contributed by atoms with E-state index in [0.29, 0.717) is 24.5 Å². The summed E-state index contributed by atoms with van der Waals surface area (Å²) >= 11 is 0. The number of fused-ring (bicyclic) bond motifs is 1. The van der Waals surface area contributed by atoms with Crippen LogP contribution in [0.3, 0.4) is 0 Å². The van der Waals surface area contributed by atoms with Crippen LogP contribution in [0.5, 0.6) is 0 Å². The molecule has 0 N–H and O–H groups in total. The summed E-state index contributed by atoms with van der Waals surface area (Å²) in [7, 11) is 0. The maximum Gasteiger partial charge on any atom is 0.295 e. The number of pyridine rings is 1. The number of hydrogen-bond donors (Lipinski definition) is 0. The van der Waals surface area contributed by atoms with Crippen LogP contribution in [0, 0.1) is 21.4 Å². The summed E-state index contributed by atoms with van der Waals surface area (Å²) in [4.78, 5) is 17.1. The number of anilines is 1. The minimum absolute atomic E-state index is 0.0189. The van der Waals surface area contributed by atoms with Crippen LogP contribution in [-0.2, 0) is 0 Å². The van der Waals surface area contributed by atoms with Crippen molar-refractivity contribution in [2.24, 2.45) is 0 Å². The lowest BCUT2D eigenvalue weighted by atomic mass is 10.1. The van der Waals surface area contributed by atoms with Gasteiger partial charge < -0.3 is 4.90 Å². The molecule has 1 aliphatic carbocycles. The molecular weight excluding hydrogens is 268 g/mol. The Kier molecular flexibility index (Phi) is 3.40. The van der Waals surface area contributed by atoms with Gasteiger partial charge in [-0.2, -0.15) is 5.26 Å². The van der Waals surface area contributed by atoms with Crippen molar-refractivity contribution in [3.8, 4) is 6.07 Å². The van der Waals surface area contributed by atoms with Gasteiger partial charge in [-0.25, -0.2) is 4.98 Å². The lowest BCUT2D eigenvalue weighted by molar-refractivity contribution is -0.383. The molecule has 3 rings (SSSR count). The summed E-state index contributed by atoms with van der Waals surface area (Å²) in [5, 5.41) is 20.7. The first-order chi connectivity index (χ1) is 10.2. The molecule has 2 aromatic rings. The zero-order valence-electron chi connectivity index (χ0n) is 11.4. The molecule has 1 saturated carbocycles. The first kappa shape index (κ1) is 13.3. The predicted octanol–water partition coefficient (Wildman–Crippen LogP) is 3.03. The molecule has 6 heteroatoms. The number of para-hydroxylation sites is 1. The second kappa shape index (κ2) is 5.37. The lowest BCUT2D eigenvalue weighted by Gasteiger charge is -2.24. The molecular formula is C15H14N4O2. The highest BCUT2D eigenvalue weighted by Gasteiger charge is 2.30. The Morgan fingerprint density at radius 1 is 1.43 bits per heavy atom. The molecule has 0 bridgehead atoms. The van der Waals surface area contributed by atoms with Gasteiger partial charge in [-0.15, -0.1) is 0 Å². The van der Waals surface area contributed by atoms with Gasteiger partial charge >= 0.3 is 0 Å². The van der Waals surface area contributed by atoms with Gasteiger partial charge in [0.2, 0.25) is 0 Å². The minimum Gasteiger partial charge on any atom is -0.367 e. The Balaban J connectivity index is 2.11. The fraction of sp³-hybridized carbons (Fsp3) is 0.333. The van der Waals surface area contributed by atoms with Crippen molar-refractivity contribution < 1.29 is 4.92 Å². The van der Waals surface area contributed by atoms with Crippen molar-refractivity contribution in [2.75, 3.05) is 11.4 Å². The van der Waals surface area contributed by atoms with E-state index in [9.17, 15) is 10.1 Å². The van der Waals surface area contributed by atoms with Gasteiger partial charge in [0.25, 0.3) is 5.69 Å². The van der Waals surface area contributed by atoms with E-state index in [1.165, 1.54) is 6.07 Å². The SMILES string of the molecule is N#CCCN(c1ccnc2c([N+](=O)[O-])cccc12)C1CC1. The highest BCUT2D eigenvalue weighted by atomic mass is 16.6. The van der Waals surface area contributed by atoms with Crippen LogP contribution in [0.1, 0.15) is 19.3 Å². The van der Waals surface area contributed by atoms with E-state index >= 15 is 0 Å².